The van der Waals surface area contributed by atoms with Gasteiger partial charge in [-0.05, 0) is 17.7 Å². The summed E-state index contributed by atoms with van der Waals surface area (Å²) < 4.78 is 37.8. The van der Waals surface area contributed by atoms with Gasteiger partial charge in [0.2, 0.25) is 5.91 Å². The van der Waals surface area contributed by atoms with Crippen molar-refractivity contribution in [3.8, 4) is 0 Å². The summed E-state index contributed by atoms with van der Waals surface area (Å²) in [4.78, 5) is 30.0. The van der Waals surface area contributed by atoms with Crippen LogP contribution in [0.3, 0.4) is 0 Å². The van der Waals surface area contributed by atoms with E-state index in [1.54, 1.807) is 0 Å². The average Bonchev–Trinajstić information content (AvgIpc) is 2.45. The number of benzene rings is 1. The van der Waals surface area contributed by atoms with Gasteiger partial charge in [0.05, 0.1) is 17.5 Å². The van der Waals surface area contributed by atoms with Crippen LogP contribution in [0.4, 0.5) is 19.0 Å². The largest absolute Gasteiger partial charge is 0.416 e. The van der Waals surface area contributed by atoms with E-state index in [-0.39, 0.29) is 23.7 Å². The maximum absolute atomic E-state index is 12.6. The Morgan fingerprint density at radius 2 is 1.82 bits per heavy atom. The fourth-order valence-corrected chi connectivity index (χ4v) is 2.49. The van der Waals surface area contributed by atoms with Gasteiger partial charge in [-0.15, -0.1) is 0 Å². The number of fused-ring (bicyclic) bond motifs is 1. The van der Waals surface area contributed by atoms with Crippen molar-refractivity contribution < 1.29 is 18.0 Å². The zero-order valence-corrected chi connectivity index (χ0v) is 11.1. The molecule has 5 nitrogen and oxygen atoms in total. The minimum atomic E-state index is -4.43. The van der Waals surface area contributed by atoms with E-state index in [9.17, 15) is 22.8 Å². The lowest BCUT2D eigenvalue weighted by Gasteiger charge is -2.24. The summed E-state index contributed by atoms with van der Waals surface area (Å²) in [6.45, 7) is 0. The molecule has 0 aliphatic carbocycles. The van der Waals surface area contributed by atoms with Crippen molar-refractivity contribution in [3.63, 3.8) is 0 Å². The third-order valence-corrected chi connectivity index (χ3v) is 3.53. The Labute approximate surface area is 122 Å². The summed E-state index contributed by atoms with van der Waals surface area (Å²) in [6.07, 6.45) is -3.29. The molecule has 2 heterocycles. The summed E-state index contributed by atoms with van der Waals surface area (Å²) in [5.74, 6) is -0.816. The van der Waals surface area contributed by atoms with Crippen LogP contribution < -0.4 is 10.9 Å². The van der Waals surface area contributed by atoms with Gasteiger partial charge in [0, 0.05) is 12.3 Å². The van der Waals surface area contributed by atoms with Gasteiger partial charge < -0.3 is 10.3 Å². The quantitative estimate of drug-likeness (QED) is 0.848. The molecule has 0 bridgehead atoms. The first-order valence-corrected chi connectivity index (χ1v) is 6.41. The highest BCUT2D eigenvalue weighted by Crippen LogP contribution is 2.35. The molecule has 22 heavy (non-hydrogen) atoms. The fraction of sp³-hybridized carbons (Fsp3) is 0.214. The normalized spacial score (nSPS) is 17.8. The van der Waals surface area contributed by atoms with Crippen molar-refractivity contribution >= 4 is 11.7 Å². The van der Waals surface area contributed by atoms with Gasteiger partial charge in [-0.25, -0.2) is 4.98 Å². The summed E-state index contributed by atoms with van der Waals surface area (Å²) in [7, 11) is 0. The number of anilines is 1. The van der Waals surface area contributed by atoms with Crippen LogP contribution in [0.25, 0.3) is 0 Å². The number of carbonyl (C=O) groups excluding carboxylic acids is 1. The van der Waals surface area contributed by atoms with E-state index in [1.807, 2.05) is 0 Å². The first-order valence-electron chi connectivity index (χ1n) is 6.41. The van der Waals surface area contributed by atoms with Gasteiger partial charge in [0.25, 0.3) is 5.56 Å². The zero-order valence-electron chi connectivity index (χ0n) is 11.1. The number of carbonyl (C=O) groups is 1. The van der Waals surface area contributed by atoms with Crippen LogP contribution in [-0.4, -0.2) is 15.9 Å². The predicted molar refractivity (Wildman–Crippen MR) is 71.4 cm³/mol. The number of hydrogen-bond donors (Lipinski definition) is 2. The fourth-order valence-electron chi connectivity index (χ4n) is 2.49. The van der Waals surface area contributed by atoms with Crippen LogP contribution in [-0.2, 0) is 11.0 Å². The van der Waals surface area contributed by atoms with Crippen molar-refractivity contribution in [1.82, 2.24) is 9.97 Å². The second-order valence-electron chi connectivity index (χ2n) is 4.92. The molecule has 2 aromatic rings. The number of amides is 1. The number of rotatable bonds is 1. The molecule has 1 aliphatic rings. The Kier molecular flexibility index (Phi) is 3.23. The Hall–Kier alpha value is -2.64. The first kappa shape index (κ1) is 14.3. The van der Waals surface area contributed by atoms with Gasteiger partial charge in [0.15, 0.2) is 0 Å². The number of H-pyrrole nitrogens is 1. The summed E-state index contributed by atoms with van der Waals surface area (Å²) in [6, 6.07) is 4.43. The molecule has 3 rings (SSSR count). The molecule has 1 aromatic carbocycles. The van der Waals surface area contributed by atoms with E-state index in [0.29, 0.717) is 5.56 Å². The van der Waals surface area contributed by atoms with E-state index in [4.69, 9.17) is 0 Å². The van der Waals surface area contributed by atoms with Gasteiger partial charge >= 0.3 is 6.18 Å². The molecule has 0 radical (unpaired) electrons. The molecule has 114 valence electrons. The third kappa shape index (κ3) is 2.47. The molecule has 2 N–H and O–H groups in total. The number of aromatic amines is 1. The Morgan fingerprint density at radius 1 is 1.14 bits per heavy atom. The van der Waals surface area contributed by atoms with Crippen LogP contribution in [0.2, 0.25) is 0 Å². The molecule has 1 amide bonds. The summed E-state index contributed by atoms with van der Waals surface area (Å²) >= 11 is 0. The summed E-state index contributed by atoms with van der Waals surface area (Å²) in [5, 5.41) is 2.49. The Balaban J connectivity index is 2.06. The Bertz CT molecular complexity index is 781. The predicted octanol–water partition coefficient (Wildman–Crippen LogP) is 2.26. The number of hydrogen-bond acceptors (Lipinski definition) is 3. The lowest BCUT2D eigenvalue weighted by Crippen LogP contribution is -2.30. The zero-order chi connectivity index (χ0) is 15.9. The number of nitrogens with zero attached hydrogens (tertiary/aromatic N) is 1. The molecule has 0 spiro atoms. The summed E-state index contributed by atoms with van der Waals surface area (Å²) in [5.41, 5.74) is -0.490. The van der Waals surface area contributed by atoms with Crippen LogP contribution in [0.1, 0.15) is 29.0 Å². The van der Waals surface area contributed by atoms with Gasteiger partial charge in [-0.1, -0.05) is 12.1 Å². The second kappa shape index (κ2) is 4.97. The second-order valence-corrected chi connectivity index (χ2v) is 4.92. The van der Waals surface area contributed by atoms with E-state index in [1.165, 1.54) is 12.1 Å². The van der Waals surface area contributed by atoms with Crippen LogP contribution >= 0.6 is 0 Å². The molecule has 0 saturated carbocycles. The Morgan fingerprint density at radius 3 is 2.45 bits per heavy atom. The number of alkyl halides is 3. The number of aromatic nitrogens is 2. The van der Waals surface area contributed by atoms with E-state index in [0.717, 1.165) is 18.5 Å². The van der Waals surface area contributed by atoms with Crippen molar-refractivity contribution in [1.29, 1.82) is 0 Å². The van der Waals surface area contributed by atoms with E-state index in [2.05, 4.69) is 15.3 Å². The van der Waals surface area contributed by atoms with Crippen molar-refractivity contribution in [3.05, 3.63) is 57.6 Å². The molecule has 0 fully saturated rings. The monoisotopic (exact) mass is 309 g/mol. The molecule has 0 saturated heterocycles. The minimum absolute atomic E-state index is 0.0207. The lowest BCUT2D eigenvalue weighted by atomic mass is 9.86. The van der Waals surface area contributed by atoms with Crippen LogP contribution in [0.5, 0.6) is 0 Å². The van der Waals surface area contributed by atoms with Crippen molar-refractivity contribution in [2.45, 2.75) is 18.5 Å². The van der Waals surface area contributed by atoms with Gasteiger partial charge in [-0.3, -0.25) is 9.59 Å². The highest BCUT2D eigenvalue weighted by Gasteiger charge is 2.32. The highest BCUT2D eigenvalue weighted by atomic mass is 19.4. The highest BCUT2D eigenvalue weighted by molar-refractivity contribution is 5.94. The van der Waals surface area contributed by atoms with Gasteiger partial charge in [0.1, 0.15) is 5.82 Å². The molecular weight excluding hydrogens is 299 g/mol. The molecule has 1 aromatic heterocycles. The maximum atomic E-state index is 12.6. The first-order chi connectivity index (χ1) is 10.4. The third-order valence-electron chi connectivity index (χ3n) is 3.53. The molecule has 1 unspecified atom stereocenters. The molecular formula is C14H10F3N3O2. The van der Waals surface area contributed by atoms with Crippen molar-refractivity contribution in [2.24, 2.45) is 0 Å². The molecule has 1 atom stereocenters. The average molecular weight is 309 g/mol. The number of halogens is 3. The van der Waals surface area contributed by atoms with E-state index < -0.39 is 23.2 Å². The topological polar surface area (TPSA) is 74.8 Å². The van der Waals surface area contributed by atoms with Gasteiger partial charge in [-0.2, -0.15) is 13.2 Å². The minimum Gasteiger partial charge on any atom is -0.313 e. The SMILES string of the molecule is O=C1CC(c2ccc(C(F)(F)F)cc2)c2c(nc[nH]c2=O)N1. The number of nitrogens with one attached hydrogen (secondary N) is 2. The molecule has 1 aliphatic heterocycles. The molecule has 8 heteroatoms. The van der Waals surface area contributed by atoms with Crippen LogP contribution in [0.15, 0.2) is 35.4 Å². The smallest absolute Gasteiger partial charge is 0.313 e. The van der Waals surface area contributed by atoms with Crippen molar-refractivity contribution in [2.75, 3.05) is 5.32 Å². The van der Waals surface area contributed by atoms with E-state index >= 15 is 0 Å². The standard InChI is InChI=1S/C14H10F3N3O2/c15-14(16,17)8-3-1-7(2-4-8)9-5-10(21)20-12-11(9)13(22)19-6-18-12/h1-4,6,9H,5H2,(H2,18,19,20,21,22). The van der Waals surface area contributed by atoms with Crippen LogP contribution in [0, 0.1) is 0 Å². The lowest BCUT2D eigenvalue weighted by molar-refractivity contribution is -0.137. The maximum Gasteiger partial charge on any atom is 0.416 e.